The lowest BCUT2D eigenvalue weighted by atomic mass is 9.95. The van der Waals surface area contributed by atoms with Gasteiger partial charge in [-0.2, -0.15) is 0 Å². The zero-order valence-corrected chi connectivity index (χ0v) is 8.92. The van der Waals surface area contributed by atoms with Crippen LogP contribution in [0, 0.1) is 18.7 Å². The smallest absolute Gasteiger partial charge is 0.230 e. The third-order valence-corrected chi connectivity index (χ3v) is 2.84. The first kappa shape index (κ1) is 10.8. The molecule has 3 nitrogen and oxygen atoms in total. The minimum absolute atomic E-state index is 0.203. The maximum Gasteiger partial charge on any atom is 0.230 e. The monoisotopic (exact) mass is 221 g/mol. The van der Waals surface area contributed by atoms with Gasteiger partial charge in [-0.3, -0.25) is 14.9 Å². The fraction of sp³-hybridized carbons (Fsp3) is 0.333. The van der Waals surface area contributed by atoms with Crippen molar-refractivity contribution in [3.8, 4) is 0 Å². The zero-order valence-electron chi connectivity index (χ0n) is 8.92. The third-order valence-electron chi connectivity index (χ3n) is 2.84. The summed E-state index contributed by atoms with van der Waals surface area (Å²) in [5.41, 5.74) is 1.73. The highest BCUT2D eigenvalue weighted by atomic mass is 19.1. The van der Waals surface area contributed by atoms with Crippen LogP contribution in [0.15, 0.2) is 18.2 Å². The summed E-state index contributed by atoms with van der Waals surface area (Å²) in [4.78, 5) is 22.4. The van der Waals surface area contributed by atoms with Gasteiger partial charge in [-0.05, 0) is 36.6 Å². The predicted octanol–water partition coefficient (Wildman–Crippen LogP) is 1.34. The fourth-order valence-electron chi connectivity index (χ4n) is 1.90. The van der Waals surface area contributed by atoms with Crippen molar-refractivity contribution in [1.82, 2.24) is 5.32 Å². The highest BCUT2D eigenvalue weighted by Crippen LogP contribution is 2.20. The van der Waals surface area contributed by atoms with E-state index in [2.05, 4.69) is 5.32 Å². The summed E-state index contributed by atoms with van der Waals surface area (Å²) in [6, 6.07) is 4.49. The molecule has 16 heavy (non-hydrogen) atoms. The summed E-state index contributed by atoms with van der Waals surface area (Å²) in [6.07, 6.45) is 0.621. The first-order valence-electron chi connectivity index (χ1n) is 5.15. The van der Waals surface area contributed by atoms with Gasteiger partial charge in [-0.1, -0.05) is 6.07 Å². The molecule has 0 bridgehead atoms. The van der Waals surface area contributed by atoms with Crippen LogP contribution >= 0.6 is 0 Å². The summed E-state index contributed by atoms with van der Waals surface area (Å²) in [7, 11) is 0. The molecule has 0 saturated carbocycles. The van der Waals surface area contributed by atoms with Crippen LogP contribution in [0.25, 0.3) is 0 Å². The molecule has 1 saturated heterocycles. The van der Waals surface area contributed by atoms with Crippen LogP contribution in [0.2, 0.25) is 0 Å². The Bertz CT molecular complexity index is 456. The maximum absolute atomic E-state index is 13.0. The van der Waals surface area contributed by atoms with Crippen LogP contribution in [0.4, 0.5) is 4.39 Å². The molecule has 1 unspecified atom stereocenters. The number of imide groups is 1. The molecular formula is C12H12FNO2. The Labute approximate surface area is 92.7 Å². The maximum atomic E-state index is 13.0. The number of hydrogen-bond acceptors (Lipinski definition) is 2. The minimum Gasteiger partial charge on any atom is -0.296 e. The van der Waals surface area contributed by atoms with Crippen molar-refractivity contribution >= 4 is 11.8 Å². The quantitative estimate of drug-likeness (QED) is 0.766. The summed E-state index contributed by atoms with van der Waals surface area (Å²) in [6.45, 7) is 1.86. The van der Waals surface area contributed by atoms with E-state index in [9.17, 15) is 14.0 Å². The number of amides is 2. The average Bonchev–Trinajstić information content (AvgIpc) is 2.51. The van der Waals surface area contributed by atoms with Gasteiger partial charge in [0.2, 0.25) is 11.8 Å². The number of carbonyl (C=O) groups excluding carboxylic acids is 2. The van der Waals surface area contributed by atoms with Crippen LogP contribution < -0.4 is 5.32 Å². The molecule has 1 aliphatic heterocycles. The van der Waals surface area contributed by atoms with E-state index < -0.39 is 0 Å². The first-order valence-corrected chi connectivity index (χ1v) is 5.15. The summed E-state index contributed by atoms with van der Waals surface area (Å²) < 4.78 is 13.0. The van der Waals surface area contributed by atoms with E-state index in [1.807, 2.05) is 6.92 Å². The topological polar surface area (TPSA) is 46.2 Å². The molecule has 1 atom stereocenters. The normalized spacial score (nSPS) is 20.0. The molecule has 0 aromatic heterocycles. The number of halogens is 1. The van der Waals surface area contributed by atoms with Gasteiger partial charge in [0, 0.05) is 6.42 Å². The molecule has 1 aromatic carbocycles. The largest absolute Gasteiger partial charge is 0.296 e. The second kappa shape index (κ2) is 4.04. The van der Waals surface area contributed by atoms with Gasteiger partial charge in [0.25, 0.3) is 0 Å². The predicted molar refractivity (Wildman–Crippen MR) is 56.1 cm³/mol. The van der Waals surface area contributed by atoms with Gasteiger partial charge in [-0.15, -0.1) is 0 Å². The summed E-state index contributed by atoms with van der Waals surface area (Å²) >= 11 is 0. The molecule has 84 valence electrons. The van der Waals surface area contributed by atoms with Gasteiger partial charge in [0.05, 0.1) is 5.92 Å². The third kappa shape index (κ3) is 2.10. The Kier molecular flexibility index (Phi) is 2.73. The number of carbonyl (C=O) groups is 2. The first-order chi connectivity index (χ1) is 7.56. The molecule has 2 rings (SSSR count). The van der Waals surface area contributed by atoms with Crippen molar-refractivity contribution in [3.05, 3.63) is 35.1 Å². The Balaban J connectivity index is 2.18. The van der Waals surface area contributed by atoms with Crippen LogP contribution in [-0.4, -0.2) is 11.8 Å². The lowest BCUT2D eigenvalue weighted by molar-refractivity contribution is -0.125. The van der Waals surface area contributed by atoms with Gasteiger partial charge in [0.1, 0.15) is 5.82 Å². The standard InChI is InChI=1S/C12H12FNO2/c1-7-2-3-10(13)5-8(7)4-9-6-11(15)14-12(9)16/h2-3,5,9H,4,6H2,1H3,(H,14,15,16). The Morgan fingerprint density at radius 3 is 2.81 bits per heavy atom. The Morgan fingerprint density at radius 2 is 2.19 bits per heavy atom. The van der Waals surface area contributed by atoms with E-state index in [0.717, 1.165) is 11.1 Å². The van der Waals surface area contributed by atoms with Crippen LogP contribution in [0.3, 0.4) is 0 Å². The molecule has 0 spiro atoms. The second-order valence-corrected chi connectivity index (χ2v) is 4.09. The van der Waals surface area contributed by atoms with Crippen LogP contribution in [0.1, 0.15) is 17.5 Å². The van der Waals surface area contributed by atoms with Crippen molar-refractivity contribution < 1.29 is 14.0 Å². The van der Waals surface area contributed by atoms with E-state index in [1.54, 1.807) is 6.07 Å². The van der Waals surface area contributed by atoms with Crippen molar-refractivity contribution in [1.29, 1.82) is 0 Å². The lowest BCUT2D eigenvalue weighted by Gasteiger charge is -2.09. The number of hydrogen-bond donors (Lipinski definition) is 1. The van der Waals surface area contributed by atoms with E-state index >= 15 is 0 Å². The summed E-state index contributed by atoms with van der Waals surface area (Å²) in [5, 5.41) is 2.25. The van der Waals surface area contributed by atoms with E-state index in [0.29, 0.717) is 6.42 Å². The molecule has 1 N–H and O–H groups in total. The molecule has 1 fully saturated rings. The number of benzene rings is 1. The molecule has 1 aromatic rings. The lowest BCUT2D eigenvalue weighted by Crippen LogP contribution is -2.23. The molecule has 0 aliphatic carbocycles. The molecule has 1 heterocycles. The number of aryl methyl sites for hydroxylation is 1. The van der Waals surface area contributed by atoms with Crippen molar-refractivity contribution in [2.75, 3.05) is 0 Å². The van der Waals surface area contributed by atoms with Crippen molar-refractivity contribution in [3.63, 3.8) is 0 Å². The zero-order chi connectivity index (χ0) is 11.7. The molecule has 4 heteroatoms. The van der Waals surface area contributed by atoms with Crippen LogP contribution in [-0.2, 0) is 16.0 Å². The SMILES string of the molecule is Cc1ccc(F)cc1CC1CC(=O)NC1=O. The Morgan fingerprint density at radius 1 is 1.44 bits per heavy atom. The van der Waals surface area contributed by atoms with Gasteiger partial charge in [-0.25, -0.2) is 4.39 Å². The summed E-state index contributed by atoms with van der Waals surface area (Å²) in [5.74, 6) is -1.17. The van der Waals surface area contributed by atoms with E-state index in [1.165, 1.54) is 12.1 Å². The van der Waals surface area contributed by atoms with Gasteiger partial charge >= 0.3 is 0 Å². The van der Waals surface area contributed by atoms with Crippen LogP contribution in [0.5, 0.6) is 0 Å². The highest BCUT2D eigenvalue weighted by Gasteiger charge is 2.30. The fourth-order valence-corrected chi connectivity index (χ4v) is 1.90. The molecule has 2 amide bonds. The second-order valence-electron chi connectivity index (χ2n) is 4.09. The van der Waals surface area contributed by atoms with Crippen molar-refractivity contribution in [2.45, 2.75) is 19.8 Å². The minimum atomic E-state index is -0.354. The highest BCUT2D eigenvalue weighted by molar-refractivity contribution is 6.03. The van der Waals surface area contributed by atoms with E-state index in [-0.39, 0.29) is 30.0 Å². The molecule has 0 radical (unpaired) electrons. The van der Waals surface area contributed by atoms with Gasteiger partial charge < -0.3 is 0 Å². The van der Waals surface area contributed by atoms with E-state index in [4.69, 9.17) is 0 Å². The van der Waals surface area contributed by atoms with Crippen molar-refractivity contribution in [2.24, 2.45) is 5.92 Å². The number of nitrogens with one attached hydrogen (secondary N) is 1. The molecular weight excluding hydrogens is 209 g/mol. The van der Waals surface area contributed by atoms with Gasteiger partial charge in [0.15, 0.2) is 0 Å². The average molecular weight is 221 g/mol. The Hall–Kier alpha value is -1.71. The molecule has 1 aliphatic rings. The number of rotatable bonds is 2.